The molecule has 3 nitrogen and oxygen atoms in total. The first-order valence-electron chi connectivity index (χ1n) is 1.85. The summed E-state index contributed by atoms with van der Waals surface area (Å²) in [5, 5.41) is 0. The molecule has 8 heavy (non-hydrogen) atoms. The topological polar surface area (TPSA) is 41.1 Å². The molecule has 0 aliphatic carbocycles. The zero-order valence-electron chi connectivity index (χ0n) is 4.66. The largest absolute Gasteiger partial charge is 0.292 e. The quantitative estimate of drug-likeness (QED) is 0.552. The van der Waals surface area contributed by atoms with Crippen LogP contribution in [0.1, 0.15) is 6.92 Å². The number of carbonyl (C=O) groups excluding carboxylic acids is 1. The first-order chi connectivity index (χ1) is 3.77. The summed E-state index contributed by atoms with van der Waals surface area (Å²) in [5.41, 5.74) is 4.79. The Morgan fingerprint density at radius 3 is 1.88 bits per heavy atom. The fourth-order valence-corrected chi connectivity index (χ4v) is 0.176. The van der Waals surface area contributed by atoms with E-state index < -0.39 is 0 Å². The van der Waals surface area contributed by atoms with E-state index in [4.69, 9.17) is 0 Å². The summed E-state index contributed by atoms with van der Waals surface area (Å²) in [7, 11) is 1.64. The summed E-state index contributed by atoms with van der Waals surface area (Å²) in [6.07, 6.45) is 0. The van der Waals surface area contributed by atoms with Crippen LogP contribution in [0, 0.1) is 0 Å². The Balaban J connectivity index is 0. The highest BCUT2D eigenvalue weighted by atomic mass is 128. The van der Waals surface area contributed by atoms with E-state index in [2.05, 4.69) is 48.1 Å². The molecule has 0 atom stereocenters. The molecule has 2 N–H and O–H groups in total. The normalized spacial score (nSPS) is 6.50. The van der Waals surface area contributed by atoms with Gasteiger partial charge >= 0.3 is 0 Å². The molecule has 0 saturated heterocycles. The molecule has 0 unspecified atom stereocenters. The summed E-state index contributed by atoms with van der Waals surface area (Å²) >= 11 is 4.24. The van der Waals surface area contributed by atoms with Crippen LogP contribution in [0.2, 0.25) is 0 Å². The van der Waals surface area contributed by atoms with Gasteiger partial charge in [0, 0.05) is 51.2 Å². The molecule has 0 aliphatic heterocycles. The van der Waals surface area contributed by atoms with Crippen LogP contribution in [0.25, 0.3) is 0 Å². The van der Waals surface area contributed by atoms with Gasteiger partial charge in [-0.15, -0.1) is 0 Å². The van der Waals surface area contributed by atoms with Gasteiger partial charge in [0.05, 0.1) is 0 Å². The lowest BCUT2D eigenvalue weighted by Crippen LogP contribution is -2.31. The lowest BCUT2D eigenvalue weighted by atomic mass is 10.8. The number of hydrogen-bond acceptors (Lipinski definition) is 2. The number of rotatable bonds is 1. The summed E-state index contributed by atoms with van der Waals surface area (Å²) < 4.78 is 0. The smallest absolute Gasteiger partial charge is 0.230 e. The molecular weight excluding hydrogens is 334 g/mol. The van der Waals surface area contributed by atoms with Gasteiger partial charge in [0.1, 0.15) is 0 Å². The van der Waals surface area contributed by atoms with Crippen LogP contribution in [-0.4, -0.2) is 13.0 Å². The molecule has 0 aromatic heterocycles. The maximum atomic E-state index is 9.87. The Bertz CT molecular complexity index is 59.2. The second-order valence-corrected chi connectivity index (χ2v) is 0.931. The first-order valence-corrected chi connectivity index (χ1v) is 8.13. The van der Waals surface area contributed by atoms with Gasteiger partial charge in [-0.2, -0.15) is 0 Å². The maximum Gasteiger partial charge on any atom is 0.230 e. The van der Waals surface area contributed by atoms with E-state index >= 15 is 0 Å². The van der Waals surface area contributed by atoms with Gasteiger partial charge < -0.3 is 0 Å². The average Bonchev–Trinajstić information content (AvgIpc) is 1.72. The minimum atomic E-state index is -0.0718. The number of halogens is 2. The molecule has 0 fully saturated rings. The van der Waals surface area contributed by atoms with Gasteiger partial charge in [-0.1, -0.05) is 0 Å². The molecule has 0 aliphatic rings. The van der Waals surface area contributed by atoms with Crippen molar-refractivity contribution in [3.8, 4) is 0 Å². The average molecular weight is 342 g/mol. The van der Waals surface area contributed by atoms with Crippen molar-refractivity contribution < 1.29 is 4.79 Å². The number of nitrogens with one attached hydrogen (secondary N) is 2. The van der Waals surface area contributed by atoms with Crippen molar-refractivity contribution in [2.75, 3.05) is 7.05 Å². The Morgan fingerprint density at radius 2 is 1.88 bits per heavy atom. The van der Waals surface area contributed by atoms with Crippen molar-refractivity contribution >= 4 is 43.1 Å². The molecule has 0 aromatic carbocycles. The van der Waals surface area contributed by atoms with E-state index in [1.54, 1.807) is 7.05 Å². The molecule has 0 saturated carbocycles. The molecule has 0 rings (SSSR count). The van der Waals surface area contributed by atoms with Gasteiger partial charge in [-0.25, -0.2) is 5.43 Å². The van der Waals surface area contributed by atoms with Crippen LogP contribution < -0.4 is 10.9 Å². The standard InChI is InChI=1S/C3H8N2O.I2/c1-3(6)5-4-2;1-2/h4H,1-2H3,(H,5,6);. The maximum absolute atomic E-state index is 9.87. The fourth-order valence-electron chi connectivity index (χ4n) is 0.176. The van der Waals surface area contributed by atoms with E-state index in [1.165, 1.54) is 6.92 Å². The van der Waals surface area contributed by atoms with Crippen LogP contribution in [0.5, 0.6) is 0 Å². The molecule has 0 radical (unpaired) electrons. The van der Waals surface area contributed by atoms with E-state index in [0.29, 0.717) is 0 Å². The molecule has 5 heteroatoms. The SMILES string of the molecule is CNNC(C)=O.II. The summed E-state index contributed by atoms with van der Waals surface area (Å²) in [4.78, 5) is 9.87. The van der Waals surface area contributed by atoms with Crippen LogP contribution in [0.4, 0.5) is 0 Å². The van der Waals surface area contributed by atoms with Crippen LogP contribution in [0.3, 0.4) is 0 Å². The van der Waals surface area contributed by atoms with Gasteiger partial charge in [0.25, 0.3) is 0 Å². The van der Waals surface area contributed by atoms with Crippen molar-refractivity contribution in [2.24, 2.45) is 0 Å². The molecule has 0 bridgehead atoms. The van der Waals surface area contributed by atoms with Crippen molar-refractivity contribution in [1.29, 1.82) is 0 Å². The molecule has 0 spiro atoms. The number of carbonyl (C=O) groups is 1. The van der Waals surface area contributed by atoms with E-state index in [1.807, 2.05) is 0 Å². The number of hydrazine groups is 1. The molecular formula is C3H8I2N2O. The summed E-state index contributed by atoms with van der Waals surface area (Å²) in [6, 6.07) is 0. The van der Waals surface area contributed by atoms with Gasteiger partial charge in [-0.3, -0.25) is 10.2 Å². The highest BCUT2D eigenvalue weighted by Gasteiger charge is 1.77. The lowest BCUT2D eigenvalue weighted by Gasteiger charge is -1.91. The monoisotopic (exact) mass is 342 g/mol. The third-order valence-corrected chi connectivity index (χ3v) is 0.301. The van der Waals surface area contributed by atoms with Crippen molar-refractivity contribution in [3.05, 3.63) is 0 Å². The number of hydrogen-bond donors (Lipinski definition) is 2. The van der Waals surface area contributed by atoms with E-state index in [-0.39, 0.29) is 5.91 Å². The Kier molecular flexibility index (Phi) is 15.7. The number of amides is 1. The molecule has 1 amide bonds. The highest BCUT2D eigenvalue weighted by Crippen LogP contribution is 1.89. The van der Waals surface area contributed by atoms with Crippen molar-refractivity contribution in [3.63, 3.8) is 0 Å². The van der Waals surface area contributed by atoms with Gasteiger partial charge in [0.15, 0.2) is 0 Å². The zero-order chi connectivity index (χ0) is 6.99. The summed E-state index contributed by atoms with van der Waals surface area (Å²) in [6.45, 7) is 1.44. The van der Waals surface area contributed by atoms with E-state index in [0.717, 1.165) is 0 Å². The lowest BCUT2D eigenvalue weighted by molar-refractivity contribution is -0.119. The highest BCUT2D eigenvalue weighted by molar-refractivity contribution is 15.0. The van der Waals surface area contributed by atoms with E-state index in [9.17, 15) is 4.79 Å². The Morgan fingerprint density at radius 1 is 1.50 bits per heavy atom. The fraction of sp³-hybridized carbons (Fsp3) is 0.667. The Labute approximate surface area is 72.3 Å². The third kappa shape index (κ3) is 15.8. The minimum absolute atomic E-state index is 0.0718. The predicted molar refractivity (Wildman–Crippen MR) is 50.9 cm³/mol. The molecule has 50 valence electrons. The van der Waals surface area contributed by atoms with Crippen LogP contribution >= 0.6 is 37.2 Å². The summed E-state index contributed by atoms with van der Waals surface area (Å²) in [5.74, 6) is -0.0718. The Hall–Kier alpha value is 0.890. The van der Waals surface area contributed by atoms with Gasteiger partial charge in [0.2, 0.25) is 5.91 Å². The first kappa shape index (κ1) is 11.7. The minimum Gasteiger partial charge on any atom is -0.292 e. The zero-order valence-corrected chi connectivity index (χ0v) is 8.98. The molecule has 0 aromatic rings. The predicted octanol–water partition coefficient (Wildman–Crippen LogP) is 1.03. The van der Waals surface area contributed by atoms with Crippen molar-refractivity contribution in [1.82, 2.24) is 10.9 Å². The third-order valence-electron chi connectivity index (χ3n) is 0.301. The van der Waals surface area contributed by atoms with Gasteiger partial charge in [-0.05, 0) is 0 Å². The molecule has 0 heterocycles. The second kappa shape index (κ2) is 10.8. The van der Waals surface area contributed by atoms with Crippen LogP contribution in [-0.2, 0) is 4.79 Å². The van der Waals surface area contributed by atoms with Crippen molar-refractivity contribution in [2.45, 2.75) is 6.92 Å². The van der Waals surface area contributed by atoms with Crippen LogP contribution in [0.15, 0.2) is 0 Å². The second-order valence-electron chi connectivity index (χ2n) is 0.931.